The normalized spacial score (nSPS) is 13.9. The molecule has 0 saturated carbocycles. The third-order valence-corrected chi connectivity index (χ3v) is 4.45. The van der Waals surface area contributed by atoms with Crippen molar-refractivity contribution in [3.05, 3.63) is 35.9 Å². The first-order chi connectivity index (χ1) is 11.9. The summed E-state index contributed by atoms with van der Waals surface area (Å²) in [5.41, 5.74) is -1.03. The molecule has 3 N–H and O–H groups in total. The molecule has 2 unspecified atom stereocenters. The third-order valence-electron chi connectivity index (χ3n) is 3.95. The van der Waals surface area contributed by atoms with E-state index >= 15 is 0 Å². The van der Waals surface area contributed by atoms with Gasteiger partial charge in [-0.25, -0.2) is 4.79 Å². The molecule has 0 aliphatic carbocycles. The molecule has 7 nitrogen and oxygen atoms in total. The van der Waals surface area contributed by atoms with Gasteiger partial charge in [-0.15, -0.1) is 9.42 Å². The Hall–Kier alpha value is -1.82. The van der Waals surface area contributed by atoms with E-state index < -0.39 is 25.8 Å². The maximum absolute atomic E-state index is 11.8. The SMILES string of the molecule is O=C(O)CCCCCCCC(Cc1ccccc1)(O[P+](=O)O)C(=O)O. The van der Waals surface area contributed by atoms with Crippen LogP contribution in [0.1, 0.15) is 50.5 Å². The molecule has 0 aromatic heterocycles. The highest BCUT2D eigenvalue weighted by Gasteiger charge is 2.47. The third kappa shape index (κ3) is 8.20. The lowest BCUT2D eigenvalue weighted by atomic mass is 9.89. The van der Waals surface area contributed by atoms with Gasteiger partial charge in [-0.2, -0.15) is 0 Å². The Morgan fingerprint density at radius 3 is 2.16 bits per heavy atom. The number of carboxylic acids is 2. The maximum Gasteiger partial charge on any atom is 0.695 e. The molecule has 0 fully saturated rings. The second-order valence-electron chi connectivity index (χ2n) is 5.95. The average molecular weight is 371 g/mol. The molecular weight excluding hydrogens is 347 g/mol. The number of benzene rings is 1. The van der Waals surface area contributed by atoms with Crippen molar-refractivity contribution in [1.82, 2.24) is 0 Å². The first kappa shape index (κ1) is 21.2. The minimum atomic E-state index is -3.05. The summed E-state index contributed by atoms with van der Waals surface area (Å²) < 4.78 is 16.1. The van der Waals surface area contributed by atoms with Crippen molar-refractivity contribution in [1.29, 1.82) is 0 Å². The minimum Gasteiger partial charge on any atom is -0.481 e. The van der Waals surface area contributed by atoms with Crippen molar-refractivity contribution in [3.63, 3.8) is 0 Å². The molecule has 0 heterocycles. The topological polar surface area (TPSA) is 121 Å². The van der Waals surface area contributed by atoms with Crippen LogP contribution >= 0.6 is 8.25 Å². The van der Waals surface area contributed by atoms with Gasteiger partial charge in [0.25, 0.3) is 0 Å². The molecule has 0 saturated heterocycles. The first-order valence-electron chi connectivity index (χ1n) is 8.20. The van der Waals surface area contributed by atoms with Gasteiger partial charge >= 0.3 is 20.2 Å². The lowest BCUT2D eigenvalue weighted by Crippen LogP contribution is -2.42. The van der Waals surface area contributed by atoms with E-state index in [1.54, 1.807) is 30.3 Å². The summed E-state index contributed by atoms with van der Waals surface area (Å²) in [7, 11) is -3.05. The fourth-order valence-electron chi connectivity index (χ4n) is 2.68. The molecular formula is C17H24O7P+. The molecule has 2 atom stereocenters. The molecule has 1 aromatic rings. The van der Waals surface area contributed by atoms with Gasteiger partial charge in [-0.05, 0) is 24.8 Å². The lowest BCUT2D eigenvalue weighted by molar-refractivity contribution is -0.156. The van der Waals surface area contributed by atoms with Gasteiger partial charge in [-0.1, -0.05) is 49.6 Å². The largest absolute Gasteiger partial charge is 0.695 e. The Kier molecular flexibility index (Phi) is 9.27. The predicted molar refractivity (Wildman–Crippen MR) is 91.4 cm³/mol. The van der Waals surface area contributed by atoms with Crippen LogP contribution in [0.5, 0.6) is 0 Å². The van der Waals surface area contributed by atoms with Crippen molar-refractivity contribution in [2.45, 2.75) is 57.0 Å². The summed E-state index contributed by atoms with van der Waals surface area (Å²) in [5, 5.41) is 18.2. The fraction of sp³-hybridized carbons (Fsp3) is 0.529. The van der Waals surface area contributed by atoms with E-state index in [1.807, 2.05) is 0 Å². The predicted octanol–water partition coefficient (Wildman–Crippen LogP) is 3.53. The van der Waals surface area contributed by atoms with Crippen molar-refractivity contribution in [2.75, 3.05) is 0 Å². The van der Waals surface area contributed by atoms with Gasteiger partial charge in [-0.3, -0.25) is 4.79 Å². The van der Waals surface area contributed by atoms with Crippen molar-refractivity contribution >= 4 is 20.2 Å². The standard InChI is InChI=1S/C17H23O7P/c18-15(19)11-7-2-1-3-8-12-17(16(20)21,24-25(22)23)13-14-9-5-4-6-10-14/h4-6,9-10H,1-3,7-8,11-13H2,(H2-,18,19,20,21,22,23)/p+1. The highest BCUT2D eigenvalue weighted by molar-refractivity contribution is 7.32. The Morgan fingerprint density at radius 2 is 1.60 bits per heavy atom. The van der Waals surface area contributed by atoms with Gasteiger partial charge in [0.1, 0.15) is 0 Å². The van der Waals surface area contributed by atoms with E-state index in [2.05, 4.69) is 0 Å². The van der Waals surface area contributed by atoms with Crippen LogP contribution < -0.4 is 0 Å². The molecule has 1 rings (SSSR count). The Bertz CT molecular complexity index is 576. The van der Waals surface area contributed by atoms with Gasteiger partial charge < -0.3 is 10.2 Å². The van der Waals surface area contributed by atoms with Crippen LogP contribution in [0.25, 0.3) is 0 Å². The number of hydrogen-bond acceptors (Lipinski definition) is 4. The van der Waals surface area contributed by atoms with Crippen LogP contribution in [0.15, 0.2) is 30.3 Å². The van der Waals surface area contributed by atoms with Gasteiger partial charge in [0.05, 0.1) is 0 Å². The van der Waals surface area contributed by atoms with E-state index in [0.717, 1.165) is 12.8 Å². The number of unbranched alkanes of at least 4 members (excludes halogenated alkanes) is 4. The van der Waals surface area contributed by atoms with Crippen molar-refractivity contribution < 1.29 is 33.8 Å². The Balaban J connectivity index is 2.63. The van der Waals surface area contributed by atoms with Crippen molar-refractivity contribution in [2.24, 2.45) is 0 Å². The van der Waals surface area contributed by atoms with Gasteiger partial charge in [0.2, 0.25) is 5.60 Å². The summed E-state index contributed by atoms with van der Waals surface area (Å²) >= 11 is 0. The second-order valence-corrected chi connectivity index (χ2v) is 6.61. The molecule has 8 heteroatoms. The summed E-state index contributed by atoms with van der Waals surface area (Å²) in [6.45, 7) is 0. The second kappa shape index (κ2) is 10.9. The van der Waals surface area contributed by atoms with Crippen LogP contribution in [-0.2, 0) is 25.1 Å². The molecule has 0 aliphatic heterocycles. The van der Waals surface area contributed by atoms with E-state index in [-0.39, 0.29) is 19.3 Å². The lowest BCUT2D eigenvalue weighted by Gasteiger charge is -2.23. The van der Waals surface area contributed by atoms with E-state index in [0.29, 0.717) is 24.8 Å². The first-order valence-corrected chi connectivity index (χ1v) is 9.33. The zero-order valence-corrected chi connectivity index (χ0v) is 14.9. The molecule has 0 spiro atoms. The van der Waals surface area contributed by atoms with Crippen LogP contribution in [0.4, 0.5) is 0 Å². The molecule has 0 amide bonds. The minimum absolute atomic E-state index is 0.00379. The van der Waals surface area contributed by atoms with Crippen LogP contribution in [0.2, 0.25) is 0 Å². The van der Waals surface area contributed by atoms with Crippen molar-refractivity contribution in [3.8, 4) is 0 Å². The quantitative estimate of drug-likeness (QED) is 0.358. The molecule has 0 bridgehead atoms. The van der Waals surface area contributed by atoms with Crippen LogP contribution in [0.3, 0.4) is 0 Å². The number of hydrogen-bond donors (Lipinski definition) is 3. The van der Waals surface area contributed by atoms with Crippen LogP contribution in [-0.4, -0.2) is 32.6 Å². The zero-order chi connectivity index (χ0) is 18.7. The van der Waals surface area contributed by atoms with Gasteiger partial charge in [0, 0.05) is 17.4 Å². The molecule has 1 aromatic carbocycles. The maximum atomic E-state index is 11.8. The van der Waals surface area contributed by atoms with Gasteiger partial charge in [0.15, 0.2) is 0 Å². The summed E-state index contributed by atoms with van der Waals surface area (Å²) in [5.74, 6) is -2.09. The monoisotopic (exact) mass is 371 g/mol. The van der Waals surface area contributed by atoms with E-state index in [9.17, 15) is 19.3 Å². The zero-order valence-electron chi connectivity index (χ0n) is 14.0. The molecule has 138 valence electrons. The number of rotatable bonds is 13. The number of carboxylic acid groups (broad SMARTS) is 2. The number of carbonyl (C=O) groups is 2. The highest BCUT2D eigenvalue weighted by Crippen LogP contribution is 2.34. The highest BCUT2D eigenvalue weighted by atomic mass is 31.1. The van der Waals surface area contributed by atoms with E-state index in [4.69, 9.17) is 14.5 Å². The summed E-state index contributed by atoms with van der Waals surface area (Å²) in [4.78, 5) is 31.3. The molecule has 0 radical (unpaired) electrons. The average Bonchev–Trinajstić information content (AvgIpc) is 2.53. The molecule has 0 aliphatic rings. The van der Waals surface area contributed by atoms with Crippen LogP contribution in [0, 0.1) is 0 Å². The van der Waals surface area contributed by atoms with E-state index in [1.165, 1.54) is 0 Å². The smallest absolute Gasteiger partial charge is 0.481 e. The summed E-state index contributed by atoms with van der Waals surface area (Å²) in [6.07, 6.45) is 3.56. The Morgan fingerprint density at radius 1 is 1.00 bits per heavy atom. The fourth-order valence-corrected chi connectivity index (χ4v) is 3.21. The number of aliphatic carboxylic acids is 2. The summed E-state index contributed by atoms with van der Waals surface area (Å²) in [6, 6.07) is 8.83. The molecule has 25 heavy (non-hydrogen) atoms. The Labute approximate surface area is 147 Å².